The Balaban J connectivity index is 3.90. The second-order valence-corrected chi connectivity index (χ2v) is 5.12. The quantitative estimate of drug-likeness (QED) is 0.605. The molecule has 0 aliphatic carbocycles. The molecule has 56 valence electrons. The summed E-state index contributed by atoms with van der Waals surface area (Å²) in [5.74, 6) is 0. The molecule has 0 saturated carbocycles. The Morgan fingerprint density at radius 3 is 2.11 bits per heavy atom. The van der Waals surface area contributed by atoms with Crippen molar-refractivity contribution in [1.29, 1.82) is 0 Å². The van der Waals surface area contributed by atoms with Gasteiger partial charge in [0, 0.05) is 10.7 Å². The zero-order valence-electron chi connectivity index (χ0n) is 5.59. The van der Waals surface area contributed by atoms with Gasteiger partial charge < -0.3 is 0 Å². The van der Waals surface area contributed by atoms with Gasteiger partial charge in [0.1, 0.15) is 0 Å². The Labute approximate surface area is 60.6 Å². The summed E-state index contributed by atoms with van der Waals surface area (Å²) in [5.41, 5.74) is 0. The van der Waals surface area contributed by atoms with Gasteiger partial charge in [-0.1, -0.05) is 13.3 Å². The van der Waals surface area contributed by atoms with Gasteiger partial charge in [0.15, 0.2) is 0 Å². The molecule has 0 unspecified atom stereocenters. The van der Waals surface area contributed by atoms with Crippen LogP contribution in [-0.2, 0) is 9.05 Å². The molecule has 0 fully saturated rings. The Morgan fingerprint density at radius 1 is 1.56 bits per heavy atom. The summed E-state index contributed by atoms with van der Waals surface area (Å²) in [6.45, 7) is 3.55. The average Bonchev–Trinajstić information content (AvgIpc) is 1.64. The summed E-state index contributed by atoms with van der Waals surface area (Å²) in [7, 11) is 1.74. The van der Waals surface area contributed by atoms with Crippen molar-refractivity contribution in [3.05, 3.63) is 0 Å². The molecule has 0 aliphatic rings. The molecule has 1 atom stereocenters. The lowest BCUT2D eigenvalue weighted by Crippen LogP contribution is -2.10. The molecule has 0 radical (unpaired) electrons. The van der Waals surface area contributed by atoms with Crippen LogP contribution >= 0.6 is 10.7 Å². The van der Waals surface area contributed by atoms with E-state index in [1.165, 1.54) is 0 Å². The minimum atomic E-state index is -3.29. The number of hydrogen-bond donors (Lipinski definition) is 0. The lowest BCUT2D eigenvalue weighted by molar-refractivity contribution is 0.590. The van der Waals surface area contributed by atoms with E-state index in [0.29, 0.717) is 6.42 Å². The third-order valence-corrected chi connectivity index (χ3v) is 3.29. The average molecular weight is 171 g/mol. The predicted molar refractivity (Wildman–Crippen MR) is 39.1 cm³/mol. The molecule has 0 spiro atoms. The fourth-order valence-electron chi connectivity index (χ4n) is 0.547. The van der Waals surface area contributed by atoms with E-state index < -0.39 is 14.3 Å². The summed E-state index contributed by atoms with van der Waals surface area (Å²) in [4.78, 5) is 0. The van der Waals surface area contributed by atoms with Crippen molar-refractivity contribution < 1.29 is 8.42 Å². The molecule has 0 aromatic heterocycles. The molecular weight excluding hydrogens is 160 g/mol. The van der Waals surface area contributed by atoms with Crippen LogP contribution in [0.5, 0.6) is 0 Å². The van der Waals surface area contributed by atoms with Gasteiger partial charge >= 0.3 is 0 Å². The van der Waals surface area contributed by atoms with E-state index in [2.05, 4.69) is 0 Å². The topological polar surface area (TPSA) is 34.1 Å². The van der Waals surface area contributed by atoms with Crippen molar-refractivity contribution >= 4 is 19.7 Å². The predicted octanol–water partition coefficient (Wildman–Crippen LogP) is 1.74. The molecule has 4 heteroatoms. The van der Waals surface area contributed by atoms with Crippen molar-refractivity contribution in [3.8, 4) is 0 Å². The Bertz CT molecular complexity index is 162. The maximum atomic E-state index is 10.5. The van der Waals surface area contributed by atoms with E-state index in [9.17, 15) is 8.42 Å². The Hall–Kier alpha value is 0.240. The molecule has 2 nitrogen and oxygen atoms in total. The fourth-order valence-corrected chi connectivity index (χ4v) is 1.33. The van der Waals surface area contributed by atoms with Gasteiger partial charge in [-0.05, 0) is 13.3 Å². The van der Waals surface area contributed by atoms with Gasteiger partial charge in [-0.15, -0.1) is 0 Å². The SMILES string of the molecule is CCC[C@@H](C)S(=O)(=O)Cl. The van der Waals surface area contributed by atoms with Crippen molar-refractivity contribution in [3.63, 3.8) is 0 Å². The van der Waals surface area contributed by atoms with Crippen LogP contribution in [0.3, 0.4) is 0 Å². The van der Waals surface area contributed by atoms with E-state index in [-0.39, 0.29) is 0 Å². The van der Waals surface area contributed by atoms with Crippen LogP contribution in [0.2, 0.25) is 0 Å². The molecular formula is C5H11ClO2S. The zero-order valence-corrected chi connectivity index (χ0v) is 7.17. The highest BCUT2D eigenvalue weighted by Gasteiger charge is 2.15. The fraction of sp³-hybridized carbons (Fsp3) is 1.00. The molecule has 9 heavy (non-hydrogen) atoms. The van der Waals surface area contributed by atoms with Gasteiger partial charge in [0.05, 0.1) is 5.25 Å². The standard InChI is InChI=1S/C5H11ClO2S/c1-3-4-5(2)9(6,7)8/h5H,3-4H2,1-2H3/t5-/m1/s1. The van der Waals surface area contributed by atoms with Crippen LogP contribution in [0.4, 0.5) is 0 Å². The minimum absolute atomic E-state index is 0.399. The Morgan fingerprint density at radius 2 is 2.00 bits per heavy atom. The largest absolute Gasteiger partial charge is 0.235 e. The third kappa shape index (κ3) is 3.76. The number of halogens is 1. The van der Waals surface area contributed by atoms with Gasteiger partial charge in [-0.3, -0.25) is 0 Å². The van der Waals surface area contributed by atoms with Gasteiger partial charge in [0.2, 0.25) is 9.05 Å². The van der Waals surface area contributed by atoms with Crippen molar-refractivity contribution in [1.82, 2.24) is 0 Å². The highest BCUT2D eigenvalue weighted by atomic mass is 35.7. The van der Waals surface area contributed by atoms with Crippen molar-refractivity contribution in [2.24, 2.45) is 0 Å². The molecule has 0 aliphatic heterocycles. The van der Waals surface area contributed by atoms with Crippen LogP contribution in [0.1, 0.15) is 26.7 Å². The molecule has 0 heterocycles. The summed E-state index contributed by atoms with van der Waals surface area (Å²) in [5, 5.41) is -0.399. The van der Waals surface area contributed by atoms with Crippen LogP contribution in [-0.4, -0.2) is 13.7 Å². The molecule has 0 saturated heterocycles. The highest BCUT2D eigenvalue weighted by molar-refractivity contribution is 8.14. The lowest BCUT2D eigenvalue weighted by Gasteiger charge is -2.02. The van der Waals surface area contributed by atoms with Crippen molar-refractivity contribution in [2.75, 3.05) is 0 Å². The van der Waals surface area contributed by atoms with Crippen LogP contribution in [0.25, 0.3) is 0 Å². The smallest absolute Gasteiger partial charge is 0.212 e. The van der Waals surface area contributed by atoms with Gasteiger partial charge in [-0.2, -0.15) is 0 Å². The first kappa shape index (κ1) is 9.24. The summed E-state index contributed by atoms with van der Waals surface area (Å²) >= 11 is 0. The number of hydrogen-bond acceptors (Lipinski definition) is 2. The molecule has 0 aromatic rings. The molecule has 0 N–H and O–H groups in total. The summed E-state index contributed by atoms with van der Waals surface area (Å²) in [6, 6.07) is 0. The molecule has 0 rings (SSSR count). The van der Waals surface area contributed by atoms with Crippen LogP contribution in [0.15, 0.2) is 0 Å². The lowest BCUT2D eigenvalue weighted by atomic mass is 10.3. The summed E-state index contributed by atoms with van der Waals surface area (Å²) in [6.07, 6.45) is 1.50. The van der Waals surface area contributed by atoms with Gasteiger partial charge in [-0.25, -0.2) is 8.42 Å². The first-order chi connectivity index (χ1) is 3.98. The highest BCUT2D eigenvalue weighted by Crippen LogP contribution is 2.11. The first-order valence-corrected chi connectivity index (χ1v) is 5.29. The molecule has 0 amide bonds. The minimum Gasteiger partial charge on any atom is -0.212 e. The summed E-state index contributed by atoms with van der Waals surface area (Å²) < 4.78 is 21.0. The maximum absolute atomic E-state index is 10.5. The first-order valence-electron chi connectivity index (χ1n) is 2.92. The van der Waals surface area contributed by atoms with E-state index in [4.69, 9.17) is 10.7 Å². The zero-order chi connectivity index (χ0) is 7.49. The normalized spacial score (nSPS) is 15.4. The van der Waals surface area contributed by atoms with Gasteiger partial charge in [0.25, 0.3) is 0 Å². The number of rotatable bonds is 3. The Kier molecular flexibility index (Phi) is 3.51. The monoisotopic (exact) mass is 170 g/mol. The van der Waals surface area contributed by atoms with E-state index >= 15 is 0 Å². The second-order valence-electron chi connectivity index (χ2n) is 2.07. The maximum Gasteiger partial charge on any atom is 0.235 e. The van der Waals surface area contributed by atoms with Crippen LogP contribution in [0, 0.1) is 0 Å². The van der Waals surface area contributed by atoms with E-state index in [1.807, 2.05) is 6.92 Å². The van der Waals surface area contributed by atoms with Crippen LogP contribution < -0.4 is 0 Å². The molecule has 0 bridgehead atoms. The molecule has 0 aromatic carbocycles. The second kappa shape index (κ2) is 3.42. The van der Waals surface area contributed by atoms with E-state index in [0.717, 1.165) is 6.42 Å². The third-order valence-electron chi connectivity index (χ3n) is 1.18. The van der Waals surface area contributed by atoms with E-state index in [1.54, 1.807) is 6.92 Å². The van der Waals surface area contributed by atoms with Crippen molar-refractivity contribution in [2.45, 2.75) is 31.9 Å².